The molecule has 0 fully saturated rings. The second kappa shape index (κ2) is 8.34. The quantitative estimate of drug-likeness (QED) is 0.432. The molecule has 32 heavy (non-hydrogen) atoms. The molecule has 7 nitrogen and oxygen atoms in total. The number of amides is 1. The Morgan fingerprint density at radius 1 is 1.03 bits per heavy atom. The van der Waals surface area contributed by atoms with E-state index < -0.39 is 0 Å². The molecule has 0 aliphatic heterocycles. The molecule has 0 aliphatic carbocycles. The van der Waals surface area contributed by atoms with Gasteiger partial charge < -0.3 is 20.4 Å². The fourth-order valence-electron chi connectivity index (χ4n) is 3.51. The van der Waals surface area contributed by atoms with Crippen LogP contribution in [-0.4, -0.2) is 20.4 Å². The molecular formula is C25H27N5O2. The molecule has 0 radical (unpaired) electrons. The summed E-state index contributed by atoms with van der Waals surface area (Å²) in [5, 5.41) is 3.67. The third-order valence-electron chi connectivity index (χ3n) is 5.20. The van der Waals surface area contributed by atoms with Crippen LogP contribution >= 0.6 is 0 Å². The van der Waals surface area contributed by atoms with Crippen LogP contribution in [0.15, 0.2) is 61.1 Å². The zero-order valence-corrected chi connectivity index (χ0v) is 18.7. The number of anilines is 2. The Balaban J connectivity index is 1.60. The maximum Gasteiger partial charge on any atom is 0.224 e. The van der Waals surface area contributed by atoms with Gasteiger partial charge in [-0.3, -0.25) is 4.79 Å². The Bertz CT molecular complexity index is 1250. The van der Waals surface area contributed by atoms with Crippen LogP contribution in [0.1, 0.15) is 34.1 Å². The number of nitrogens with zero attached hydrogens (tertiary/aromatic N) is 3. The topological polar surface area (TPSA) is 95.1 Å². The number of nitrogen functional groups attached to an aromatic ring is 1. The van der Waals surface area contributed by atoms with Crippen LogP contribution in [0.2, 0.25) is 0 Å². The van der Waals surface area contributed by atoms with Crippen molar-refractivity contribution in [1.82, 2.24) is 14.5 Å². The van der Waals surface area contributed by atoms with Gasteiger partial charge in [-0.15, -0.1) is 0 Å². The maximum atomic E-state index is 11.5. The lowest BCUT2D eigenvalue weighted by Gasteiger charge is -2.21. The second-order valence-electron chi connectivity index (χ2n) is 8.59. The molecule has 0 unspecified atom stereocenters. The average molecular weight is 430 g/mol. The highest BCUT2D eigenvalue weighted by molar-refractivity contribution is 6.00. The number of benzene rings is 2. The van der Waals surface area contributed by atoms with Crippen LogP contribution in [0.5, 0.6) is 11.5 Å². The number of carbonyl (C=O) groups is 1. The smallest absolute Gasteiger partial charge is 0.224 e. The number of nitrogens with two attached hydrogens (primary N) is 1. The van der Waals surface area contributed by atoms with E-state index in [-0.39, 0.29) is 11.4 Å². The summed E-state index contributed by atoms with van der Waals surface area (Å²) in [7, 11) is 0. The molecule has 0 atom stereocenters. The lowest BCUT2D eigenvalue weighted by atomic mass is 10.1. The molecule has 3 N–H and O–H groups in total. The summed E-state index contributed by atoms with van der Waals surface area (Å²) >= 11 is 0. The summed E-state index contributed by atoms with van der Waals surface area (Å²) in [6.45, 7) is 8.21. The summed E-state index contributed by atoms with van der Waals surface area (Å²) < 4.78 is 8.08. The van der Waals surface area contributed by atoms with Crippen molar-refractivity contribution in [3.63, 3.8) is 0 Å². The first-order valence-corrected chi connectivity index (χ1v) is 10.6. The monoisotopic (exact) mass is 429 g/mol. The van der Waals surface area contributed by atoms with Crippen LogP contribution in [-0.2, 0) is 10.3 Å². The summed E-state index contributed by atoms with van der Waals surface area (Å²) in [5.74, 6) is 1.84. The number of hydrogen-bond donors (Lipinski definition) is 2. The largest absolute Gasteiger partial charge is 0.457 e. The minimum atomic E-state index is -0.150. The highest BCUT2D eigenvalue weighted by Crippen LogP contribution is 2.36. The molecule has 4 aromatic rings. The SMILES string of the molecule is CCC(=O)Nc1ccc(Oc2ccc(-c3cn(C(C)(C)C)c4ncnc(N)c34)cc2)cc1. The molecule has 2 aromatic carbocycles. The third-order valence-corrected chi connectivity index (χ3v) is 5.20. The molecule has 164 valence electrons. The normalized spacial score (nSPS) is 11.5. The van der Waals surface area contributed by atoms with Crippen molar-refractivity contribution in [2.75, 3.05) is 11.1 Å². The van der Waals surface area contributed by atoms with Crippen molar-refractivity contribution >= 4 is 28.4 Å². The number of carbonyl (C=O) groups excluding carboxylic acids is 1. The summed E-state index contributed by atoms with van der Waals surface area (Å²) in [6.07, 6.45) is 4.02. The number of hydrogen-bond acceptors (Lipinski definition) is 5. The molecule has 0 spiro atoms. The van der Waals surface area contributed by atoms with Gasteiger partial charge in [0.25, 0.3) is 0 Å². The van der Waals surface area contributed by atoms with Crippen molar-refractivity contribution in [3.05, 3.63) is 61.1 Å². The Hall–Kier alpha value is -3.87. The van der Waals surface area contributed by atoms with E-state index in [1.807, 2.05) is 55.5 Å². The van der Waals surface area contributed by atoms with Gasteiger partial charge >= 0.3 is 0 Å². The van der Waals surface area contributed by atoms with E-state index in [4.69, 9.17) is 10.5 Å². The van der Waals surface area contributed by atoms with Crippen LogP contribution in [0.3, 0.4) is 0 Å². The van der Waals surface area contributed by atoms with Crippen molar-refractivity contribution in [3.8, 4) is 22.6 Å². The first-order chi connectivity index (χ1) is 15.3. The van der Waals surface area contributed by atoms with E-state index in [0.29, 0.717) is 23.7 Å². The van der Waals surface area contributed by atoms with Gasteiger partial charge in [-0.2, -0.15) is 0 Å². The summed E-state index contributed by atoms with van der Waals surface area (Å²) in [6, 6.07) is 15.1. The van der Waals surface area contributed by atoms with E-state index >= 15 is 0 Å². The van der Waals surface area contributed by atoms with Crippen LogP contribution in [0.25, 0.3) is 22.2 Å². The lowest BCUT2D eigenvalue weighted by molar-refractivity contribution is -0.115. The van der Waals surface area contributed by atoms with Crippen LogP contribution < -0.4 is 15.8 Å². The number of rotatable bonds is 5. The first kappa shape index (κ1) is 21.4. The highest BCUT2D eigenvalue weighted by Gasteiger charge is 2.21. The number of nitrogens with one attached hydrogen (secondary N) is 1. The van der Waals surface area contributed by atoms with Gasteiger partial charge in [-0.1, -0.05) is 19.1 Å². The van der Waals surface area contributed by atoms with Gasteiger partial charge in [0, 0.05) is 29.4 Å². The van der Waals surface area contributed by atoms with E-state index in [0.717, 1.165) is 27.8 Å². The fourth-order valence-corrected chi connectivity index (χ4v) is 3.51. The third kappa shape index (κ3) is 4.27. The van der Waals surface area contributed by atoms with Crippen LogP contribution in [0.4, 0.5) is 11.5 Å². The standard InChI is InChI=1S/C25H27N5O2/c1-5-21(31)29-17-8-12-19(13-9-17)32-18-10-6-16(7-11-18)20-14-30(25(2,3)4)24-22(20)23(26)27-15-28-24/h6-15H,5H2,1-4H3,(H,29,31)(H2,26,27,28). The van der Waals surface area contributed by atoms with Crippen molar-refractivity contribution in [2.45, 2.75) is 39.7 Å². The fraction of sp³-hybridized carbons (Fsp3) is 0.240. The Labute approximate surface area is 187 Å². The van der Waals surface area contributed by atoms with Crippen molar-refractivity contribution in [1.29, 1.82) is 0 Å². The van der Waals surface area contributed by atoms with Gasteiger partial charge in [0.1, 0.15) is 29.3 Å². The molecule has 0 aliphatic rings. The van der Waals surface area contributed by atoms with Gasteiger partial charge in [0.2, 0.25) is 5.91 Å². The number of fused-ring (bicyclic) bond motifs is 1. The second-order valence-corrected chi connectivity index (χ2v) is 8.59. The van der Waals surface area contributed by atoms with Crippen molar-refractivity contribution in [2.24, 2.45) is 0 Å². The Kier molecular flexibility index (Phi) is 5.57. The minimum Gasteiger partial charge on any atom is -0.457 e. The maximum absolute atomic E-state index is 11.5. The Morgan fingerprint density at radius 3 is 2.25 bits per heavy atom. The predicted molar refractivity (Wildman–Crippen MR) is 128 cm³/mol. The van der Waals surface area contributed by atoms with Gasteiger partial charge in [0.15, 0.2) is 0 Å². The van der Waals surface area contributed by atoms with Crippen LogP contribution in [0, 0.1) is 0 Å². The van der Waals surface area contributed by atoms with E-state index in [1.54, 1.807) is 0 Å². The average Bonchev–Trinajstić information content (AvgIpc) is 3.17. The Morgan fingerprint density at radius 2 is 1.66 bits per heavy atom. The molecular weight excluding hydrogens is 402 g/mol. The van der Waals surface area contributed by atoms with E-state index in [1.165, 1.54) is 6.33 Å². The number of ether oxygens (including phenoxy) is 1. The molecule has 1 amide bonds. The predicted octanol–water partition coefficient (Wildman–Crippen LogP) is 5.58. The summed E-state index contributed by atoms with van der Waals surface area (Å²) in [5.41, 5.74) is 9.62. The van der Waals surface area contributed by atoms with Gasteiger partial charge in [0.05, 0.1) is 5.39 Å². The van der Waals surface area contributed by atoms with E-state index in [2.05, 4.69) is 46.8 Å². The lowest BCUT2D eigenvalue weighted by Crippen LogP contribution is -2.21. The molecule has 0 saturated carbocycles. The summed E-state index contributed by atoms with van der Waals surface area (Å²) in [4.78, 5) is 20.2. The molecule has 0 saturated heterocycles. The zero-order valence-electron chi connectivity index (χ0n) is 18.7. The minimum absolute atomic E-state index is 0.0203. The molecule has 4 rings (SSSR count). The van der Waals surface area contributed by atoms with Gasteiger partial charge in [-0.25, -0.2) is 9.97 Å². The molecule has 2 aromatic heterocycles. The highest BCUT2D eigenvalue weighted by atomic mass is 16.5. The van der Waals surface area contributed by atoms with E-state index in [9.17, 15) is 4.79 Å². The first-order valence-electron chi connectivity index (χ1n) is 10.6. The molecule has 2 heterocycles. The molecule has 7 heteroatoms. The zero-order chi connectivity index (χ0) is 22.9. The van der Waals surface area contributed by atoms with Crippen molar-refractivity contribution < 1.29 is 9.53 Å². The molecule has 0 bridgehead atoms. The van der Waals surface area contributed by atoms with Gasteiger partial charge in [-0.05, 0) is 62.7 Å². The number of aromatic nitrogens is 3.